The summed E-state index contributed by atoms with van der Waals surface area (Å²) in [6.45, 7) is 1.89. The molecule has 2 heterocycles. The molecule has 1 atom stereocenters. The minimum atomic E-state index is -0.210. The Kier molecular flexibility index (Phi) is 4.19. The van der Waals surface area contributed by atoms with Crippen LogP contribution >= 0.6 is 0 Å². The highest BCUT2D eigenvalue weighted by molar-refractivity contribution is 5.94. The zero-order chi connectivity index (χ0) is 13.7. The highest BCUT2D eigenvalue weighted by Gasteiger charge is 2.10. The second-order valence-electron chi connectivity index (χ2n) is 4.13. The second kappa shape index (κ2) is 6.05. The van der Waals surface area contributed by atoms with E-state index in [9.17, 15) is 4.79 Å². The van der Waals surface area contributed by atoms with Crippen LogP contribution in [0.1, 0.15) is 23.7 Å². The Balaban J connectivity index is 2.04. The molecule has 2 aromatic rings. The molecule has 0 saturated carbocycles. The third-order valence-electron chi connectivity index (χ3n) is 2.60. The number of aliphatic hydroxyl groups is 1. The first-order valence-corrected chi connectivity index (χ1v) is 5.93. The molecule has 7 heteroatoms. The highest BCUT2D eigenvalue weighted by atomic mass is 16.3. The lowest BCUT2D eigenvalue weighted by atomic mass is 10.2. The molecule has 100 valence electrons. The second-order valence-corrected chi connectivity index (χ2v) is 4.13. The van der Waals surface area contributed by atoms with Gasteiger partial charge in [-0.05, 0) is 25.5 Å². The zero-order valence-electron chi connectivity index (χ0n) is 10.5. The Labute approximate surface area is 110 Å². The standard InChI is InChI=1S/C12H15N5O2/c1-9(4-5-18)16-12(19)10-2-3-11(14-6-10)17-8-13-7-15-17/h2-3,6-9,18H,4-5H2,1H3,(H,16,19). The van der Waals surface area contributed by atoms with Crippen LogP contribution in [0, 0.1) is 0 Å². The summed E-state index contributed by atoms with van der Waals surface area (Å²) in [6.07, 6.45) is 4.96. The van der Waals surface area contributed by atoms with Crippen molar-refractivity contribution in [1.82, 2.24) is 25.1 Å². The van der Waals surface area contributed by atoms with Crippen LogP contribution in [-0.2, 0) is 0 Å². The van der Waals surface area contributed by atoms with Crippen molar-refractivity contribution >= 4 is 5.91 Å². The van der Waals surface area contributed by atoms with Gasteiger partial charge in [-0.15, -0.1) is 0 Å². The molecule has 0 fully saturated rings. The number of carbonyl (C=O) groups excluding carboxylic acids is 1. The topological polar surface area (TPSA) is 92.9 Å². The fourth-order valence-corrected chi connectivity index (χ4v) is 1.56. The summed E-state index contributed by atoms with van der Waals surface area (Å²) in [4.78, 5) is 19.8. The molecule has 7 nitrogen and oxygen atoms in total. The molecule has 0 aliphatic rings. The van der Waals surface area contributed by atoms with Gasteiger partial charge < -0.3 is 10.4 Å². The summed E-state index contributed by atoms with van der Waals surface area (Å²) in [6, 6.07) is 3.29. The summed E-state index contributed by atoms with van der Waals surface area (Å²) < 4.78 is 1.51. The summed E-state index contributed by atoms with van der Waals surface area (Å²) in [5, 5.41) is 15.5. The average Bonchev–Trinajstić information content (AvgIpc) is 2.93. The maximum absolute atomic E-state index is 11.9. The maximum Gasteiger partial charge on any atom is 0.253 e. The quantitative estimate of drug-likeness (QED) is 0.800. The smallest absolute Gasteiger partial charge is 0.253 e. The first kappa shape index (κ1) is 13.2. The molecule has 19 heavy (non-hydrogen) atoms. The number of rotatable bonds is 5. The highest BCUT2D eigenvalue weighted by Crippen LogP contribution is 2.04. The monoisotopic (exact) mass is 261 g/mol. The maximum atomic E-state index is 11.9. The number of pyridine rings is 1. The molecule has 0 spiro atoms. The van der Waals surface area contributed by atoms with Crippen molar-refractivity contribution in [2.45, 2.75) is 19.4 Å². The number of hydrogen-bond acceptors (Lipinski definition) is 5. The van der Waals surface area contributed by atoms with Gasteiger partial charge in [0, 0.05) is 18.8 Å². The molecular weight excluding hydrogens is 246 g/mol. The molecule has 1 unspecified atom stereocenters. The van der Waals surface area contributed by atoms with E-state index in [1.165, 1.54) is 23.5 Å². The molecule has 0 radical (unpaired) electrons. The first-order valence-electron chi connectivity index (χ1n) is 5.93. The largest absolute Gasteiger partial charge is 0.396 e. The zero-order valence-corrected chi connectivity index (χ0v) is 10.5. The van der Waals surface area contributed by atoms with Crippen molar-refractivity contribution in [3.8, 4) is 5.82 Å². The van der Waals surface area contributed by atoms with Crippen molar-refractivity contribution < 1.29 is 9.90 Å². The van der Waals surface area contributed by atoms with E-state index >= 15 is 0 Å². The van der Waals surface area contributed by atoms with Gasteiger partial charge in [0.05, 0.1) is 5.56 Å². The first-order chi connectivity index (χ1) is 9.20. The number of amides is 1. The number of aromatic nitrogens is 4. The molecule has 0 bridgehead atoms. The predicted molar refractivity (Wildman–Crippen MR) is 67.8 cm³/mol. The Morgan fingerprint density at radius 2 is 2.37 bits per heavy atom. The van der Waals surface area contributed by atoms with Crippen LogP contribution in [0.25, 0.3) is 5.82 Å². The Morgan fingerprint density at radius 3 is 2.95 bits per heavy atom. The van der Waals surface area contributed by atoms with Crippen molar-refractivity contribution in [1.29, 1.82) is 0 Å². The van der Waals surface area contributed by atoms with Gasteiger partial charge in [0.1, 0.15) is 12.7 Å². The van der Waals surface area contributed by atoms with Crippen LogP contribution < -0.4 is 5.32 Å². The molecular formula is C12H15N5O2. The van der Waals surface area contributed by atoms with Gasteiger partial charge in [-0.3, -0.25) is 4.79 Å². The van der Waals surface area contributed by atoms with E-state index in [0.29, 0.717) is 17.8 Å². The van der Waals surface area contributed by atoms with E-state index in [2.05, 4.69) is 20.4 Å². The molecule has 2 aromatic heterocycles. The normalized spacial score (nSPS) is 12.1. The predicted octanol–water partition coefficient (Wildman–Crippen LogP) is 0.163. The third-order valence-corrected chi connectivity index (χ3v) is 2.60. The fraction of sp³-hybridized carbons (Fsp3) is 0.333. The summed E-state index contributed by atoms with van der Waals surface area (Å²) in [5.41, 5.74) is 0.466. The van der Waals surface area contributed by atoms with E-state index in [-0.39, 0.29) is 18.6 Å². The fourth-order valence-electron chi connectivity index (χ4n) is 1.56. The number of nitrogens with one attached hydrogen (secondary N) is 1. The van der Waals surface area contributed by atoms with Crippen LogP contribution in [0.4, 0.5) is 0 Å². The Hall–Kier alpha value is -2.28. The SMILES string of the molecule is CC(CCO)NC(=O)c1ccc(-n2cncn2)nc1. The van der Waals surface area contributed by atoms with Gasteiger partial charge >= 0.3 is 0 Å². The van der Waals surface area contributed by atoms with Crippen LogP contribution in [0.15, 0.2) is 31.0 Å². The van der Waals surface area contributed by atoms with Gasteiger partial charge in [-0.2, -0.15) is 5.10 Å². The van der Waals surface area contributed by atoms with Crippen LogP contribution in [0.3, 0.4) is 0 Å². The van der Waals surface area contributed by atoms with Gasteiger partial charge in [0.2, 0.25) is 0 Å². The molecule has 0 aliphatic heterocycles. The van der Waals surface area contributed by atoms with Gasteiger partial charge in [0.15, 0.2) is 5.82 Å². The Morgan fingerprint density at radius 1 is 1.53 bits per heavy atom. The number of hydrogen-bond donors (Lipinski definition) is 2. The minimum Gasteiger partial charge on any atom is -0.396 e. The average molecular weight is 261 g/mol. The number of aliphatic hydroxyl groups excluding tert-OH is 1. The van der Waals surface area contributed by atoms with Gasteiger partial charge in [-0.1, -0.05) is 0 Å². The molecule has 0 aromatic carbocycles. The minimum absolute atomic E-state index is 0.0466. The number of nitrogens with zero attached hydrogens (tertiary/aromatic N) is 4. The van der Waals surface area contributed by atoms with Crippen molar-refractivity contribution in [2.75, 3.05) is 6.61 Å². The van der Waals surface area contributed by atoms with Crippen molar-refractivity contribution in [3.05, 3.63) is 36.5 Å². The van der Waals surface area contributed by atoms with Gasteiger partial charge in [-0.25, -0.2) is 14.6 Å². The van der Waals surface area contributed by atoms with E-state index in [4.69, 9.17) is 5.11 Å². The summed E-state index contributed by atoms with van der Waals surface area (Å²) in [5.74, 6) is 0.385. The van der Waals surface area contributed by atoms with E-state index in [0.717, 1.165) is 0 Å². The molecule has 0 aliphatic carbocycles. The summed E-state index contributed by atoms with van der Waals surface area (Å²) in [7, 11) is 0. The lowest BCUT2D eigenvalue weighted by Crippen LogP contribution is -2.33. The van der Waals surface area contributed by atoms with Crippen LogP contribution in [-0.4, -0.2) is 43.4 Å². The van der Waals surface area contributed by atoms with E-state index in [1.807, 2.05) is 6.92 Å². The molecule has 1 amide bonds. The number of carbonyl (C=O) groups is 1. The summed E-state index contributed by atoms with van der Waals surface area (Å²) >= 11 is 0. The van der Waals surface area contributed by atoms with Crippen LogP contribution in [0.2, 0.25) is 0 Å². The molecule has 2 rings (SSSR count). The molecule has 2 N–H and O–H groups in total. The Bertz CT molecular complexity index is 524. The molecule has 0 saturated heterocycles. The van der Waals surface area contributed by atoms with Crippen molar-refractivity contribution in [2.24, 2.45) is 0 Å². The van der Waals surface area contributed by atoms with Gasteiger partial charge in [0.25, 0.3) is 5.91 Å². The van der Waals surface area contributed by atoms with E-state index in [1.54, 1.807) is 12.1 Å². The van der Waals surface area contributed by atoms with Crippen molar-refractivity contribution in [3.63, 3.8) is 0 Å². The third kappa shape index (κ3) is 3.35. The lowest BCUT2D eigenvalue weighted by Gasteiger charge is -2.12. The lowest BCUT2D eigenvalue weighted by molar-refractivity contribution is 0.0934. The van der Waals surface area contributed by atoms with E-state index < -0.39 is 0 Å². The van der Waals surface area contributed by atoms with Crippen LogP contribution in [0.5, 0.6) is 0 Å².